The summed E-state index contributed by atoms with van der Waals surface area (Å²) in [5.41, 5.74) is 0. The third-order valence-corrected chi connectivity index (χ3v) is 3.52. The van der Waals surface area contributed by atoms with Gasteiger partial charge in [0.2, 0.25) is 0 Å². The maximum absolute atomic E-state index is 11.6. The van der Waals surface area contributed by atoms with Crippen LogP contribution in [-0.2, 0) is 32.7 Å². The number of aliphatic hydroxyl groups is 2. The van der Waals surface area contributed by atoms with Gasteiger partial charge < -0.3 is 24.6 Å². The number of hydrogen-bond donors (Lipinski definition) is 3. The first-order chi connectivity index (χ1) is 11.2. The molecule has 0 aliphatic carbocycles. The van der Waals surface area contributed by atoms with Gasteiger partial charge in [-0.25, -0.2) is 4.57 Å². The number of carbonyl (C=O) groups excluding carboxylic acids is 2. The molecule has 10 nitrogen and oxygen atoms in total. The Labute approximate surface area is 140 Å². The first-order valence-corrected chi connectivity index (χ1v) is 8.93. The molecule has 24 heavy (non-hydrogen) atoms. The zero-order chi connectivity index (χ0) is 18.6. The topological polar surface area (TPSA) is 149 Å². The summed E-state index contributed by atoms with van der Waals surface area (Å²) in [4.78, 5) is 31.9. The Hall–Kier alpha value is -1.03. The van der Waals surface area contributed by atoms with Crippen LogP contribution in [0.25, 0.3) is 0 Å². The number of esters is 2. The maximum Gasteiger partial charge on any atom is 0.472 e. The third-order valence-electron chi connectivity index (χ3n) is 2.57. The molecular formula is C13H25O10P. The molecular weight excluding hydrogens is 347 g/mol. The Morgan fingerprint density at radius 1 is 1.17 bits per heavy atom. The highest BCUT2D eigenvalue weighted by Crippen LogP contribution is 2.43. The molecule has 11 heteroatoms. The molecule has 0 spiro atoms. The summed E-state index contributed by atoms with van der Waals surface area (Å²) in [6, 6.07) is 0. The van der Waals surface area contributed by atoms with Crippen molar-refractivity contribution >= 4 is 19.8 Å². The zero-order valence-corrected chi connectivity index (χ0v) is 14.6. The van der Waals surface area contributed by atoms with Gasteiger partial charge in [-0.15, -0.1) is 0 Å². The molecule has 0 bridgehead atoms. The molecule has 0 amide bonds. The highest BCUT2D eigenvalue weighted by Gasteiger charge is 2.26. The van der Waals surface area contributed by atoms with Gasteiger partial charge >= 0.3 is 19.8 Å². The SMILES string of the molecule is CCCCC(=O)O[C@H](COC(C)=O)COP(=O)(O)OC[C@@H](O)CO. The smallest absolute Gasteiger partial charge is 0.462 e. The van der Waals surface area contributed by atoms with E-state index in [0.29, 0.717) is 6.42 Å². The van der Waals surface area contributed by atoms with E-state index in [1.54, 1.807) is 0 Å². The van der Waals surface area contributed by atoms with Gasteiger partial charge in [0.05, 0.1) is 19.8 Å². The molecule has 3 N–H and O–H groups in total. The molecule has 0 heterocycles. The van der Waals surface area contributed by atoms with E-state index in [0.717, 1.165) is 13.3 Å². The summed E-state index contributed by atoms with van der Waals surface area (Å²) in [6.07, 6.45) is -0.862. The third kappa shape index (κ3) is 12.4. The number of carbonyl (C=O) groups is 2. The van der Waals surface area contributed by atoms with Crippen molar-refractivity contribution < 1.29 is 47.8 Å². The molecule has 0 aromatic heterocycles. The van der Waals surface area contributed by atoms with Crippen molar-refractivity contribution in [3.05, 3.63) is 0 Å². The Bertz CT molecular complexity index is 427. The van der Waals surface area contributed by atoms with Crippen LogP contribution in [0.2, 0.25) is 0 Å². The van der Waals surface area contributed by atoms with Gasteiger partial charge in [0.1, 0.15) is 12.7 Å². The lowest BCUT2D eigenvalue weighted by molar-refractivity contribution is -0.160. The standard InChI is InChI=1S/C13H25O10P/c1-3-4-5-13(17)23-12(8-20-10(2)15)9-22-24(18,19)21-7-11(16)6-14/h11-12,14,16H,3-9H2,1-2H3,(H,18,19)/t11-,12+/m0/s1. The Kier molecular flexibility index (Phi) is 11.8. The van der Waals surface area contributed by atoms with Crippen molar-refractivity contribution in [3.8, 4) is 0 Å². The van der Waals surface area contributed by atoms with Gasteiger partial charge in [0.25, 0.3) is 0 Å². The van der Waals surface area contributed by atoms with E-state index < -0.39 is 51.8 Å². The minimum Gasteiger partial charge on any atom is -0.462 e. The van der Waals surface area contributed by atoms with Gasteiger partial charge in [0.15, 0.2) is 6.10 Å². The lowest BCUT2D eigenvalue weighted by Crippen LogP contribution is -2.29. The normalized spacial score (nSPS) is 16.0. The quantitative estimate of drug-likeness (QED) is 0.301. The first kappa shape index (κ1) is 23.0. The van der Waals surface area contributed by atoms with Gasteiger partial charge in [-0.2, -0.15) is 0 Å². The molecule has 0 radical (unpaired) electrons. The number of phosphoric ester groups is 1. The average molecular weight is 372 g/mol. The van der Waals surface area contributed by atoms with Gasteiger partial charge in [0, 0.05) is 13.3 Å². The Balaban J connectivity index is 4.48. The number of ether oxygens (including phenoxy) is 2. The zero-order valence-electron chi connectivity index (χ0n) is 13.8. The van der Waals surface area contributed by atoms with Crippen LogP contribution in [-0.4, -0.2) is 65.7 Å². The van der Waals surface area contributed by atoms with E-state index in [-0.39, 0.29) is 13.0 Å². The highest BCUT2D eigenvalue weighted by molar-refractivity contribution is 7.47. The molecule has 0 aliphatic heterocycles. The summed E-state index contributed by atoms with van der Waals surface area (Å²) in [5.74, 6) is -1.17. The van der Waals surface area contributed by atoms with Crippen LogP contribution in [0.3, 0.4) is 0 Å². The highest BCUT2D eigenvalue weighted by atomic mass is 31.2. The summed E-state index contributed by atoms with van der Waals surface area (Å²) in [6.45, 7) is 0.903. The molecule has 0 aromatic rings. The number of aliphatic hydroxyl groups excluding tert-OH is 2. The molecule has 0 saturated heterocycles. The predicted molar refractivity (Wildman–Crippen MR) is 80.9 cm³/mol. The molecule has 142 valence electrons. The van der Waals surface area contributed by atoms with Crippen LogP contribution in [0.5, 0.6) is 0 Å². The fourth-order valence-electron chi connectivity index (χ4n) is 1.34. The summed E-state index contributed by atoms with van der Waals surface area (Å²) < 4.78 is 30.5. The summed E-state index contributed by atoms with van der Waals surface area (Å²) >= 11 is 0. The minimum atomic E-state index is -4.53. The van der Waals surface area contributed by atoms with E-state index in [4.69, 9.17) is 19.7 Å². The lowest BCUT2D eigenvalue weighted by atomic mass is 10.2. The van der Waals surface area contributed by atoms with E-state index in [2.05, 4.69) is 9.05 Å². The van der Waals surface area contributed by atoms with Gasteiger partial charge in [-0.1, -0.05) is 13.3 Å². The number of phosphoric acid groups is 1. The fraction of sp³-hybridized carbons (Fsp3) is 0.846. The fourth-order valence-corrected chi connectivity index (χ4v) is 2.13. The van der Waals surface area contributed by atoms with Crippen molar-refractivity contribution in [2.45, 2.75) is 45.3 Å². The lowest BCUT2D eigenvalue weighted by Gasteiger charge is -2.20. The molecule has 0 aromatic carbocycles. The molecule has 3 atom stereocenters. The predicted octanol–water partition coefficient (Wildman–Crippen LogP) is 0.138. The first-order valence-electron chi connectivity index (χ1n) is 7.43. The van der Waals surface area contributed by atoms with Crippen LogP contribution < -0.4 is 0 Å². The van der Waals surface area contributed by atoms with Crippen LogP contribution in [0, 0.1) is 0 Å². The average Bonchev–Trinajstić information content (AvgIpc) is 2.53. The number of unbranched alkanes of at least 4 members (excludes halogenated alkanes) is 1. The van der Waals surface area contributed by atoms with Crippen molar-refractivity contribution in [2.75, 3.05) is 26.4 Å². The van der Waals surface area contributed by atoms with E-state index in [1.807, 2.05) is 6.92 Å². The molecule has 1 unspecified atom stereocenters. The Morgan fingerprint density at radius 2 is 1.79 bits per heavy atom. The number of rotatable bonds is 13. The summed E-state index contributed by atoms with van der Waals surface area (Å²) in [7, 11) is -4.53. The molecule has 0 saturated carbocycles. The van der Waals surface area contributed by atoms with Crippen molar-refractivity contribution in [1.82, 2.24) is 0 Å². The molecule has 0 fully saturated rings. The second-order valence-electron chi connectivity index (χ2n) is 4.91. The summed E-state index contributed by atoms with van der Waals surface area (Å²) in [5, 5.41) is 17.6. The van der Waals surface area contributed by atoms with Crippen molar-refractivity contribution in [3.63, 3.8) is 0 Å². The largest absolute Gasteiger partial charge is 0.472 e. The Morgan fingerprint density at radius 3 is 2.33 bits per heavy atom. The van der Waals surface area contributed by atoms with E-state index in [1.165, 1.54) is 0 Å². The second kappa shape index (κ2) is 12.3. The van der Waals surface area contributed by atoms with Crippen LogP contribution >= 0.6 is 7.82 Å². The second-order valence-corrected chi connectivity index (χ2v) is 6.37. The van der Waals surface area contributed by atoms with Crippen LogP contribution in [0.15, 0.2) is 0 Å². The van der Waals surface area contributed by atoms with Crippen molar-refractivity contribution in [1.29, 1.82) is 0 Å². The number of hydrogen-bond acceptors (Lipinski definition) is 9. The minimum absolute atomic E-state index is 0.156. The molecule has 0 aliphatic rings. The van der Waals surface area contributed by atoms with Crippen LogP contribution in [0.4, 0.5) is 0 Å². The van der Waals surface area contributed by atoms with Gasteiger partial charge in [-0.05, 0) is 6.42 Å². The van der Waals surface area contributed by atoms with Crippen molar-refractivity contribution in [2.24, 2.45) is 0 Å². The van der Waals surface area contributed by atoms with Crippen LogP contribution in [0.1, 0.15) is 33.1 Å². The maximum atomic E-state index is 11.6. The van der Waals surface area contributed by atoms with E-state index in [9.17, 15) is 19.0 Å². The van der Waals surface area contributed by atoms with Gasteiger partial charge in [-0.3, -0.25) is 18.6 Å². The monoisotopic (exact) mass is 372 g/mol. The molecule has 0 rings (SSSR count). The van der Waals surface area contributed by atoms with E-state index >= 15 is 0 Å².